The number of nitrogens with two attached hydrogens (primary N) is 1. The van der Waals surface area contributed by atoms with E-state index in [9.17, 15) is 9.59 Å². The smallest absolute Gasteiger partial charge is 0.251 e. The van der Waals surface area contributed by atoms with Gasteiger partial charge >= 0.3 is 0 Å². The van der Waals surface area contributed by atoms with Gasteiger partial charge in [-0.05, 0) is 0 Å². The van der Waals surface area contributed by atoms with E-state index in [1.54, 1.807) is 0 Å². The molecule has 0 radical (unpaired) electrons. The zero-order valence-electron chi connectivity index (χ0n) is 5.66. The lowest BCUT2D eigenvalue weighted by Crippen LogP contribution is -2.35. The average Bonchev–Trinajstić information content (AvgIpc) is 2.04. The normalized spacial score (nSPS) is 10.6. The molecule has 0 atom stereocenters. The third-order valence-electron chi connectivity index (χ3n) is 1.24. The van der Waals surface area contributed by atoms with E-state index in [1.807, 2.05) is 0 Å². The zero-order chi connectivity index (χ0) is 8.43. The minimum Gasteiger partial charge on any atom is -0.396 e. The van der Waals surface area contributed by atoms with E-state index in [2.05, 4.69) is 0 Å². The van der Waals surface area contributed by atoms with Gasteiger partial charge in [-0.15, -0.1) is 11.8 Å². The molecule has 4 nitrogen and oxygen atoms in total. The van der Waals surface area contributed by atoms with Gasteiger partial charge in [0.1, 0.15) is 5.69 Å². The molecule has 0 heterocycles. The van der Waals surface area contributed by atoms with Crippen molar-refractivity contribution in [2.45, 2.75) is 4.90 Å². The van der Waals surface area contributed by atoms with Gasteiger partial charge in [0.2, 0.25) is 5.43 Å². The number of hydrogen-bond donors (Lipinski definition) is 2. The van der Waals surface area contributed by atoms with E-state index in [4.69, 9.17) is 10.8 Å². The number of rotatable bonds is 3. The largest absolute Gasteiger partial charge is 0.396 e. The Morgan fingerprint density at radius 1 is 1.36 bits per heavy atom. The highest BCUT2D eigenvalue weighted by atomic mass is 32.2. The lowest BCUT2D eigenvalue weighted by atomic mass is 10.3. The second kappa shape index (κ2) is 3.06. The van der Waals surface area contributed by atoms with Gasteiger partial charge in [0.15, 0.2) is 0 Å². The van der Waals surface area contributed by atoms with Crippen molar-refractivity contribution in [3.05, 3.63) is 20.4 Å². The first kappa shape index (κ1) is 8.29. The Hall–Kier alpha value is -0.810. The van der Waals surface area contributed by atoms with E-state index in [-0.39, 0.29) is 12.3 Å². The minimum absolute atomic E-state index is 0.0249. The second-order valence-electron chi connectivity index (χ2n) is 1.97. The van der Waals surface area contributed by atoms with Crippen LogP contribution in [0.2, 0.25) is 0 Å². The van der Waals surface area contributed by atoms with Crippen LogP contribution in [0.5, 0.6) is 0 Å². The molecule has 0 aliphatic carbocycles. The van der Waals surface area contributed by atoms with Crippen LogP contribution in [0, 0.1) is 0 Å². The lowest BCUT2D eigenvalue weighted by molar-refractivity contribution is 0.322. The molecule has 0 spiro atoms. The van der Waals surface area contributed by atoms with Crippen molar-refractivity contribution < 1.29 is 5.11 Å². The van der Waals surface area contributed by atoms with Gasteiger partial charge in [-0.1, -0.05) is 0 Å². The molecule has 0 saturated heterocycles. The van der Waals surface area contributed by atoms with Crippen LogP contribution >= 0.6 is 11.8 Å². The first-order valence-electron chi connectivity index (χ1n) is 3.01. The first-order valence-corrected chi connectivity index (χ1v) is 3.99. The molecular formula is C6H7NO3S. The summed E-state index contributed by atoms with van der Waals surface area (Å²) in [5, 5.41) is 8.39. The number of anilines is 1. The highest BCUT2D eigenvalue weighted by molar-refractivity contribution is 7.99. The zero-order valence-corrected chi connectivity index (χ0v) is 6.48. The molecule has 1 rings (SSSR count). The summed E-state index contributed by atoms with van der Waals surface area (Å²) in [4.78, 5) is 21.5. The van der Waals surface area contributed by atoms with Gasteiger partial charge < -0.3 is 10.8 Å². The summed E-state index contributed by atoms with van der Waals surface area (Å²) < 4.78 is 0. The average molecular weight is 173 g/mol. The molecule has 0 aliphatic rings. The number of nitrogen functional groups attached to an aromatic ring is 1. The quantitative estimate of drug-likeness (QED) is 0.450. The van der Waals surface area contributed by atoms with Crippen LogP contribution in [-0.2, 0) is 0 Å². The molecule has 1 aromatic rings. The first-order chi connectivity index (χ1) is 5.18. The molecule has 0 saturated carbocycles. The molecule has 0 fully saturated rings. The molecule has 1 aromatic carbocycles. The van der Waals surface area contributed by atoms with E-state index < -0.39 is 10.9 Å². The van der Waals surface area contributed by atoms with Crippen LogP contribution in [0.1, 0.15) is 0 Å². The summed E-state index contributed by atoms with van der Waals surface area (Å²) in [7, 11) is 0. The van der Waals surface area contributed by atoms with Gasteiger partial charge in [-0.2, -0.15) is 0 Å². The summed E-state index contributed by atoms with van der Waals surface area (Å²) in [6, 6.07) is 0. The maximum atomic E-state index is 10.7. The van der Waals surface area contributed by atoms with Crippen molar-refractivity contribution in [3.8, 4) is 0 Å². The predicted molar refractivity (Wildman–Crippen MR) is 43.6 cm³/mol. The second-order valence-corrected chi connectivity index (χ2v) is 3.08. The molecule has 0 unspecified atom stereocenters. The van der Waals surface area contributed by atoms with Crippen LogP contribution in [0.3, 0.4) is 0 Å². The highest BCUT2D eigenvalue weighted by Crippen LogP contribution is 2.18. The maximum Gasteiger partial charge on any atom is 0.251 e. The van der Waals surface area contributed by atoms with Crippen LogP contribution in [-0.4, -0.2) is 17.5 Å². The number of hydrogen-bond acceptors (Lipinski definition) is 5. The topological polar surface area (TPSA) is 80.4 Å². The molecule has 11 heavy (non-hydrogen) atoms. The molecule has 60 valence electrons. The van der Waals surface area contributed by atoms with Gasteiger partial charge in [0.25, 0.3) is 5.43 Å². The van der Waals surface area contributed by atoms with Crippen molar-refractivity contribution in [1.82, 2.24) is 0 Å². The van der Waals surface area contributed by atoms with Crippen LogP contribution in [0.4, 0.5) is 5.69 Å². The summed E-state index contributed by atoms with van der Waals surface area (Å²) in [5.41, 5.74) is 4.11. The van der Waals surface area contributed by atoms with Crippen molar-refractivity contribution in [3.63, 3.8) is 0 Å². The van der Waals surface area contributed by atoms with Gasteiger partial charge in [0.05, 0.1) is 11.5 Å². The number of aliphatic hydroxyl groups is 1. The predicted octanol–water partition coefficient (Wildman–Crippen LogP) is -1.05. The van der Waals surface area contributed by atoms with Gasteiger partial charge in [-0.25, -0.2) is 0 Å². The number of thioether (sulfide) groups is 1. The van der Waals surface area contributed by atoms with E-state index >= 15 is 0 Å². The summed E-state index contributed by atoms with van der Waals surface area (Å²) in [6.45, 7) is -0.0249. The van der Waals surface area contributed by atoms with Crippen LogP contribution in [0.15, 0.2) is 14.5 Å². The van der Waals surface area contributed by atoms with Crippen molar-refractivity contribution in [2.24, 2.45) is 0 Å². The van der Waals surface area contributed by atoms with Crippen molar-refractivity contribution in [1.29, 1.82) is 0 Å². The van der Waals surface area contributed by atoms with E-state index in [1.165, 1.54) is 0 Å². The Balaban J connectivity index is 2.75. The third kappa shape index (κ3) is 1.29. The molecule has 5 heteroatoms. The lowest BCUT2D eigenvalue weighted by Gasteiger charge is -2.03. The van der Waals surface area contributed by atoms with Gasteiger partial charge in [-0.3, -0.25) is 9.59 Å². The van der Waals surface area contributed by atoms with Gasteiger partial charge in [0, 0.05) is 5.75 Å². The third-order valence-corrected chi connectivity index (χ3v) is 2.32. The Morgan fingerprint density at radius 2 is 2.00 bits per heavy atom. The summed E-state index contributed by atoms with van der Waals surface area (Å²) in [5.74, 6) is 0.398. The van der Waals surface area contributed by atoms with Crippen LogP contribution < -0.4 is 16.6 Å². The highest BCUT2D eigenvalue weighted by Gasteiger charge is 2.17. The fourth-order valence-corrected chi connectivity index (χ4v) is 1.45. The Kier molecular flexibility index (Phi) is 2.31. The Labute approximate surface area is 66.7 Å². The fourth-order valence-electron chi connectivity index (χ4n) is 0.679. The monoisotopic (exact) mass is 173 g/mol. The fraction of sp³-hybridized carbons (Fsp3) is 0.333. The Morgan fingerprint density at radius 3 is 2.45 bits per heavy atom. The molecule has 0 amide bonds. The van der Waals surface area contributed by atoms with Crippen molar-refractivity contribution >= 4 is 17.4 Å². The maximum absolute atomic E-state index is 10.7. The Bertz CT molecular complexity index is 326. The van der Waals surface area contributed by atoms with Crippen molar-refractivity contribution in [2.75, 3.05) is 18.1 Å². The van der Waals surface area contributed by atoms with E-state index in [0.717, 1.165) is 11.8 Å². The van der Waals surface area contributed by atoms with E-state index in [0.29, 0.717) is 10.6 Å². The number of aliphatic hydroxyl groups excluding tert-OH is 1. The standard InChI is InChI=1S/C6H7NO3S/c7-3-4(9)5(10)6(3)11-2-1-8/h8H,1-2,7H2. The summed E-state index contributed by atoms with van der Waals surface area (Å²) >= 11 is 1.12. The molecule has 0 bridgehead atoms. The van der Waals surface area contributed by atoms with Crippen LogP contribution in [0.25, 0.3) is 0 Å². The molecular weight excluding hydrogens is 166 g/mol. The molecule has 3 N–H and O–H groups in total. The molecule has 0 aromatic heterocycles. The minimum atomic E-state index is -0.606. The summed E-state index contributed by atoms with van der Waals surface area (Å²) in [6.07, 6.45) is 0. The SMILES string of the molecule is Nc1c(SCCO)c(=O)c1=O. The molecule has 0 aliphatic heterocycles.